The van der Waals surface area contributed by atoms with Crippen LogP contribution in [0.2, 0.25) is 0 Å². The van der Waals surface area contributed by atoms with Crippen molar-refractivity contribution in [1.82, 2.24) is 10.6 Å². The van der Waals surface area contributed by atoms with Crippen molar-refractivity contribution in [2.45, 2.75) is 31.5 Å². The number of nitrogens with one attached hydrogen (secondary N) is 3. The number of hydrogen-bond donors (Lipinski definition) is 5. The standard InChI is InChI=1S/C25H30N6O2/c1-2-18(23-24(33)29-12-11-28-23)13-17-5-9-20-21(14-17)30-15-31-25(20,27)22(32)10-6-16-3-7-19(26)8-4-16/h3-10,14-15,18,23,28H,2,11-13,26-27H2,1H3,(H,29,33)(H,30,31)/t18?,23-,25?/m0/s1. The van der Waals surface area contributed by atoms with E-state index in [1.165, 1.54) is 12.4 Å². The molecule has 2 aliphatic rings. The Balaban J connectivity index is 1.53. The van der Waals surface area contributed by atoms with Gasteiger partial charge < -0.3 is 21.7 Å². The number of ketones is 1. The molecule has 2 heterocycles. The fourth-order valence-electron chi connectivity index (χ4n) is 4.34. The van der Waals surface area contributed by atoms with E-state index in [1.54, 1.807) is 18.2 Å². The van der Waals surface area contributed by atoms with Gasteiger partial charge in [-0.2, -0.15) is 0 Å². The molecule has 33 heavy (non-hydrogen) atoms. The Bertz CT molecular complexity index is 1090. The second-order valence-corrected chi connectivity index (χ2v) is 8.51. The number of piperazine rings is 1. The first-order chi connectivity index (χ1) is 15.9. The van der Waals surface area contributed by atoms with Gasteiger partial charge in [0, 0.05) is 30.0 Å². The second kappa shape index (κ2) is 9.56. The molecule has 3 atom stereocenters. The minimum atomic E-state index is -1.50. The zero-order chi connectivity index (χ0) is 23.4. The number of rotatable bonds is 7. The third-order valence-corrected chi connectivity index (χ3v) is 6.29. The average Bonchev–Trinajstić information content (AvgIpc) is 2.82. The lowest BCUT2D eigenvalue weighted by molar-refractivity contribution is -0.125. The highest BCUT2D eigenvalue weighted by atomic mass is 16.2. The lowest BCUT2D eigenvalue weighted by atomic mass is 9.86. The number of nitrogen functional groups attached to an aromatic ring is 1. The van der Waals surface area contributed by atoms with Crippen LogP contribution in [0.3, 0.4) is 0 Å². The third kappa shape index (κ3) is 4.81. The number of amides is 1. The highest BCUT2D eigenvalue weighted by Crippen LogP contribution is 2.33. The van der Waals surface area contributed by atoms with E-state index in [9.17, 15) is 9.59 Å². The molecule has 2 aliphatic heterocycles. The highest BCUT2D eigenvalue weighted by molar-refractivity contribution is 6.04. The number of hydrogen-bond acceptors (Lipinski definition) is 7. The first-order valence-electron chi connectivity index (χ1n) is 11.2. The maximum atomic E-state index is 13.0. The van der Waals surface area contributed by atoms with Gasteiger partial charge in [0.1, 0.15) is 0 Å². The molecule has 2 aromatic carbocycles. The molecule has 0 saturated carbocycles. The predicted molar refractivity (Wildman–Crippen MR) is 132 cm³/mol. The number of nitrogens with zero attached hydrogens (tertiary/aromatic N) is 1. The normalized spacial score (nSPS) is 23.0. The Morgan fingerprint density at radius 2 is 2.03 bits per heavy atom. The maximum absolute atomic E-state index is 13.0. The van der Waals surface area contributed by atoms with E-state index in [-0.39, 0.29) is 23.7 Å². The maximum Gasteiger partial charge on any atom is 0.237 e. The van der Waals surface area contributed by atoms with Crippen LogP contribution in [0.1, 0.15) is 30.0 Å². The molecule has 0 aliphatic carbocycles. The van der Waals surface area contributed by atoms with Gasteiger partial charge in [0.25, 0.3) is 0 Å². The van der Waals surface area contributed by atoms with Crippen molar-refractivity contribution < 1.29 is 9.59 Å². The van der Waals surface area contributed by atoms with Crippen LogP contribution in [0.15, 0.2) is 53.5 Å². The summed E-state index contributed by atoms with van der Waals surface area (Å²) in [6.07, 6.45) is 6.22. The van der Waals surface area contributed by atoms with E-state index in [1.807, 2.05) is 30.3 Å². The molecule has 2 unspecified atom stereocenters. The third-order valence-electron chi connectivity index (χ3n) is 6.29. The van der Waals surface area contributed by atoms with E-state index in [0.717, 1.165) is 36.2 Å². The summed E-state index contributed by atoms with van der Waals surface area (Å²) in [5.74, 6) is -0.107. The number of anilines is 2. The van der Waals surface area contributed by atoms with Crippen molar-refractivity contribution in [1.29, 1.82) is 0 Å². The summed E-state index contributed by atoms with van der Waals surface area (Å²) >= 11 is 0. The van der Waals surface area contributed by atoms with Gasteiger partial charge in [-0.3, -0.25) is 15.3 Å². The molecular formula is C25H30N6O2. The second-order valence-electron chi connectivity index (χ2n) is 8.51. The number of benzene rings is 2. The largest absolute Gasteiger partial charge is 0.399 e. The molecule has 1 amide bonds. The van der Waals surface area contributed by atoms with Crippen LogP contribution in [0.4, 0.5) is 11.4 Å². The Labute approximate surface area is 193 Å². The van der Waals surface area contributed by atoms with Gasteiger partial charge in [-0.25, -0.2) is 4.99 Å². The number of carbonyl (C=O) groups is 2. The molecule has 7 N–H and O–H groups in total. The SMILES string of the molecule is CCC(Cc1ccc2c(c1)NC=NC2(N)C(=O)C=Cc1ccc(N)cc1)[C@@H]1NCCNC1=O. The minimum Gasteiger partial charge on any atom is -0.399 e. The van der Waals surface area contributed by atoms with E-state index in [4.69, 9.17) is 11.5 Å². The number of aliphatic imine (C=N–C) groups is 1. The first kappa shape index (κ1) is 22.7. The van der Waals surface area contributed by atoms with Gasteiger partial charge in [0.15, 0.2) is 0 Å². The van der Waals surface area contributed by atoms with Crippen LogP contribution >= 0.6 is 0 Å². The molecule has 1 fully saturated rings. The number of nitrogens with two attached hydrogens (primary N) is 2. The molecular weight excluding hydrogens is 416 g/mol. The van der Waals surface area contributed by atoms with Crippen LogP contribution in [0, 0.1) is 5.92 Å². The summed E-state index contributed by atoms with van der Waals surface area (Å²) in [6, 6.07) is 12.8. The molecule has 0 aromatic heterocycles. The summed E-state index contributed by atoms with van der Waals surface area (Å²) in [4.78, 5) is 29.6. The molecule has 4 rings (SSSR count). The summed E-state index contributed by atoms with van der Waals surface area (Å²) in [6.45, 7) is 3.53. The van der Waals surface area contributed by atoms with Crippen molar-refractivity contribution >= 4 is 35.5 Å². The van der Waals surface area contributed by atoms with Crippen molar-refractivity contribution in [3.05, 3.63) is 65.2 Å². The monoisotopic (exact) mass is 446 g/mol. The van der Waals surface area contributed by atoms with Crippen molar-refractivity contribution in [3.63, 3.8) is 0 Å². The highest BCUT2D eigenvalue weighted by Gasteiger charge is 2.38. The molecule has 0 radical (unpaired) electrons. The zero-order valence-corrected chi connectivity index (χ0v) is 18.7. The topological polar surface area (TPSA) is 135 Å². The molecule has 0 bridgehead atoms. The van der Waals surface area contributed by atoms with Crippen LogP contribution in [-0.4, -0.2) is 37.2 Å². The van der Waals surface area contributed by atoms with Crippen molar-refractivity contribution in [2.24, 2.45) is 16.6 Å². The summed E-state index contributed by atoms with van der Waals surface area (Å²) in [5.41, 5.74) is 14.6. The quantitative estimate of drug-likeness (QED) is 0.325. The lowest BCUT2D eigenvalue weighted by Crippen LogP contribution is -2.56. The van der Waals surface area contributed by atoms with Gasteiger partial charge in [-0.1, -0.05) is 43.7 Å². The van der Waals surface area contributed by atoms with Gasteiger partial charge >= 0.3 is 0 Å². The summed E-state index contributed by atoms with van der Waals surface area (Å²) in [7, 11) is 0. The van der Waals surface area contributed by atoms with Gasteiger partial charge in [0.05, 0.1) is 12.4 Å². The molecule has 8 nitrogen and oxygen atoms in total. The van der Waals surface area contributed by atoms with E-state index < -0.39 is 5.66 Å². The smallest absolute Gasteiger partial charge is 0.237 e. The fraction of sp³-hybridized carbons (Fsp3) is 0.320. The Kier molecular flexibility index (Phi) is 6.57. The van der Waals surface area contributed by atoms with Crippen LogP contribution in [0.25, 0.3) is 6.08 Å². The molecule has 2 aromatic rings. The summed E-state index contributed by atoms with van der Waals surface area (Å²) in [5, 5.41) is 9.38. The Hall–Kier alpha value is -3.49. The molecule has 1 saturated heterocycles. The first-order valence-corrected chi connectivity index (χ1v) is 11.2. The zero-order valence-electron chi connectivity index (χ0n) is 18.7. The van der Waals surface area contributed by atoms with E-state index >= 15 is 0 Å². The predicted octanol–water partition coefficient (Wildman–Crippen LogP) is 1.77. The Morgan fingerprint density at radius 3 is 2.76 bits per heavy atom. The molecule has 8 heteroatoms. The van der Waals surface area contributed by atoms with Crippen molar-refractivity contribution in [2.75, 3.05) is 24.1 Å². The fourth-order valence-corrected chi connectivity index (χ4v) is 4.34. The summed E-state index contributed by atoms with van der Waals surface area (Å²) < 4.78 is 0. The average molecular weight is 447 g/mol. The minimum absolute atomic E-state index is 0.0516. The van der Waals surface area contributed by atoms with E-state index in [0.29, 0.717) is 17.8 Å². The number of carbonyl (C=O) groups excluding carboxylic acids is 2. The lowest BCUT2D eigenvalue weighted by Gasteiger charge is -2.31. The molecule has 0 spiro atoms. The molecule has 172 valence electrons. The van der Waals surface area contributed by atoms with Crippen LogP contribution in [0.5, 0.6) is 0 Å². The van der Waals surface area contributed by atoms with Gasteiger partial charge in [-0.15, -0.1) is 0 Å². The van der Waals surface area contributed by atoms with Gasteiger partial charge in [0.2, 0.25) is 17.4 Å². The van der Waals surface area contributed by atoms with Crippen LogP contribution < -0.4 is 27.4 Å². The van der Waals surface area contributed by atoms with Crippen molar-refractivity contribution in [3.8, 4) is 0 Å². The Morgan fingerprint density at radius 1 is 1.24 bits per heavy atom. The number of fused-ring (bicyclic) bond motifs is 1. The van der Waals surface area contributed by atoms with E-state index in [2.05, 4.69) is 27.9 Å². The van der Waals surface area contributed by atoms with Gasteiger partial charge in [-0.05, 0) is 47.7 Å². The van der Waals surface area contributed by atoms with Crippen LogP contribution in [-0.2, 0) is 21.7 Å².